The summed E-state index contributed by atoms with van der Waals surface area (Å²) in [5.74, 6) is 0.519. The number of aromatic nitrogens is 2. The van der Waals surface area contributed by atoms with Crippen LogP contribution in [-0.2, 0) is 9.47 Å². The Balaban J connectivity index is 2.29. The Labute approximate surface area is 167 Å². The maximum Gasteiger partial charge on any atom is 0.410 e. The number of carbonyl (C=O) groups is 1. The minimum atomic E-state index is -0.594. The van der Waals surface area contributed by atoms with Crippen LogP contribution in [0.25, 0.3) is 0 Å². The molecule has 0 aromatic carbocycles. The van der Waals surface area contributed by atoms with Crippen LogP contribution in [0, 0.1) is 11.3 Å². The van der Waals surface area contributed by atoms with Crippen molar-refractivity contribution < 1.29 is 19.4 Å². The number of nitrogens with one attached hydrogen (secondary N) is 1. The van der Waals surface area contributed by atoms with Crippen LogP contribution < -0.4 is 5.32 Å². The van der Waals surface area contributed by atoms with Crippen molar-refractivity contribution in [2.75, 3.05) is 38.7 Å². The van der Waals surface area contributed by atoms with Crippen LogP contribution in [0.3, 0.4) is 0 Å². The number of methoxy groups -OCH3 is 1. The maximum atomic E-state index is 12.6. The molecule has 27 heavy (non-hydrogen) atoms. The summed E-state index contributed by atoms with van der Waals surface area (Å²) in [5, 5.41) is 26.0. The summed E-state index contributed by atoms with van der Waals surface area (Å²) in [6.45, 7) is 6.45. The Morgan fingerprint density at radius 2 is 2.22 bits per heavy atom. The zero-order valence-corrected chi connectivity index (χ0v) is 17.6. The van der Waals surface area contributed by atoms with Crippen LogP contribution in [0.4, 0.5) is 10.6 Å². The highest BCUT2D eigenvalue weighted by atomic mass is 79.9. The van der Waals surface area contributed by atoms with E-state index >= 15 is 0 Å². The van der Waals surface area contributed by atoms with Gasteiger partial charge in [-0.3, -0.25) is 0 Å². The van der Waals surface area contributed by atoms with Crippen molar-refractivity contribution in [1.82, 2.24) is 14.7 Å². The number of halogens is 1. The number of aliphatic hydroxyl groups is 1. The average molecular weight is 444 g/mol. The second-order valence-corrected chi connectivity index (χ2v) is 8.10. The van der Waals surface area contributed by atoms with Gasteiger partial charge >= 0.3 is 6.09 Å². The number of carbonyl (C=O) groups excluding carboxylic acids is 1. The molecule has 2 atom stereocenters. The molecule has 0 unspecified atom stereocenters. The summed E-state index contributed by atoms with van der Waals surface area (Å²) < 4.78 is 12.9. The van der Waals surface area contributed by atoms with E-state index in [1.54, 1.807) is 16.7 Å². The van der Waals surface area contributed by atoms with Crippen LogP contribution in [0.5, 0.6) is 0 Å². The van der Waals surface area contributed by atoms with Crippen molar-refractivity contribution >= 4 is 27.8 Å². The van der Waals surface area contributed by atoms with Gasteiger partial charge in [0.2, 0.25) is 0 Å². The lowest BCUT2D eigenvalue weighted by Gasteiger charge is -2.28. The van der Waals surface area contributed by atoms with Gasteiger partial charge in [0.15, 0.2) is 0 Å². The summed E-state index contributed by atoms with van der Waals surface area (Å²) in [6, 6.07) is 1.80. The lowest BCUT2D eigenvalue weighted by atomic mass is 10.2. The fraction of sp³-hybridized carbons (Fsp3) is 0.706. The minimum absolute atomic E-state index is 0.0747. The van der Waals surface area contributed by atoms with Crippen molar-refractivity contribution in [2.45, 2.75) is 44.9 Å². The predicted molar refractivity (Wildman–Crippen MR) is 102 cm³/mol. The molecule has 2 heterocycles. The molecule has 0 aliphatic carbocycles. The number of amides is 1. The van der Waals surface area contributed by atoms with E-state index in [1.807, 2.05) is 20.8 Å². The molecule has 1 aliphatic rings. The quantitative estimate of drug-likeness (QED) is 0.691. The second kappa shape index (κ2) is 8.91. The van der Waals surface area contributed by atoms with Gasteiger partial charge in [-0.05, 0) is 43.1 Å². The molecule has 2 rings (SSSR count). The summed E-state index contributed by atoms with van der Waals surface area (Å²) in [7, 11) is 1.59. The number of hydrogen-bond donors (Lipinski definition) is 2. The third-order valence-electron chi connectivity index (χ3n) is 4.11. The molecule has 0 radical (unpaired) electrons. The first kappa shape index (κ1) is 21.5. The number of nitriles is 1. The van der Waals surface area contributed by atoms with E-state index in [1.165, 1.54) is 0 Å². The zero-order valence-electron chi connectivity index (χ0n) is 16.0. The third-order valence-corrected chi connectivity index (χ3v) is 4.66. The molecule has 10 heteroatoms. The van der Waals surface area contributed by atoms with E-state index in [-0.39, 0.29) is 25.2 Å². The third kappa shape index (κ3) is 5.12. The maximum absolute atomic E-state index is 12.6. The van der Waals surface area contributed by atoms with Crippen LogP contribution in [0.2, 0.25) is 0 Å². The SMILES string of the molecule is COC[C@H]1C[C@H](n2nc(Br)c(C#N)c2NCCO)CN1C(=O)OC(C)(C)C. The first-order valence-electron chi connectivity index (χ1n) is 8.73. The van der Waals surface area contributed by atoms with Crippen molar-refractivity contribution in [3.63, 3.8) is 0 Å². The number of ether oxygens (including phenoxy) is 2. The molecule has 0 saturated carbocycles. The molecule has 1 saturated heterocycles. The lowest BCUT2D eigenvalue weighted by molar-refractivity contribution is 0.0145. The molecular weight excluding hydrogens is 418 g/mol. The fourth-order valence-electron chi connectivity index (χ4n) is 3.08. The number of likely N-dealkylation sites (tertiary alicyclic amines) is 1. The Kier molecular flexibility index (Phi) is 7.08. The zero-order chi connectivity index (χ0) is 20.2. The standard InChI is InChI=1S/C17H26BrN5O4/c1-17(2,3)27-16(25)22-9-11(7-12(22)10-26-4)23-15(20-5-6-24)13(8-19)14(18)21-23/h11-12,20,24H,5-7,9-10H2,1-4H3/t11-,12+/m0/s1. The van der Waals surface area contributed by atoms with E-state index in [0.717, 1.165) is 0 Å². The molecule has 1 aromatic heterocycles. The average Bonchev–Trinajstić information content (AvgIpc) is 3.12. The van der Waals surface area contributed by atoms with E-state index in [2.05, 4.69) is 32.4 Å². The predicted octanol–water partition coefficient (Wildman–Crippen LogP) is 2.12. The molecule has 2 N–H and O–H groups in total. The Morgan fingerprint density at radius 3 is 2.78 bits per heavy atom. The molecule has 1 aliphatic heterocycles. The van der Waals surface area contributed by atoms with Crippen molar-refractivity contribution in [3.8, 4) is 6.07 Å². The van der Waals surface area contributed by atoms with Crippen LogP contribution in [0.15, 0.2) is 4.60 Å². The molecule has 1 aromatic rings. The smallest absolute Gasteiger partial charge is 0.410 e. The topological polar surface area (TPSA) is 113 Å². The molecule has 9 nitrogen and oxygen atoms in total. The van der Waals surface area contributed by atoms with Crippen LogP contribution >= 0.6 is 15.9 Å². The minimum Gasteiger partial charge on any atom is -0.444 e. The number of rotatable bonds is 6. The summed E-state index contributed by atoms with van der Waals surface area (Å²) >= 11 is 3.31. The summed E-state index contributed by atoms with van der Waals surface area (Å²) in [5.41, 5.74) is -0.231. The van der Waals surface area contributed by atoms with E-state index in [9.17, 15) is 10.1 Å². The molecule has 0 bridgehead atoms. The van der Waals surface area contributed by atoms with Crippen molar-refractivity contribution in [2.24, 2.45) is 0 Å². The molecule has 150 valence electrons. The van der Waals surface area contributed by atoms with Gasteiger partial charge in [0.05, 0.1) is 25.3 Å². The van der Waals surface area contributed by atoms with Gasteiger partial charge in [-0.1, -0.05) is 0 Å². The Hall–Kier alpha value is -1.83. The first-order chi connectivity index (χ1) is 12.7. The number of hydrogen-bond acceptors (Lipinski definition) is 7. The first-order valence-corrected chi connectivity index (χ1v) is 9.52. The molecular formula is C17H26BrN5O4. The highest BCUT2D eigenvalue weighted by Crippen LogP contribution is 2.34. The van der Waals surface area contributed by atoms with Crippen LogP contribution in [-0.4, -0.2) is 70.9 Å². The van der Waals surface area contributed by atoms with Gasteiger partial charge in [0.1, 0.15) is 27.7 Å². The number of anilines is 1. The van der Waals surface area contributed by atoms with E-state index in [4.69, 9.17) is 14.6 Å². The highest BCUT2D eigenvalue weighted by molar-refractivity contribution is 9.10. The monoisotopic (exact) mass is 443 g/mol. The van der Waals surface area contributed by atoms with Crippen molar-refractivity contribution in [1.29, 1.82) is 5.26 Å². The number of nitrogens with zero attached hydrogens (tertiary/aromatic N) is 4. The van der Waals surface area contributed by atoms with E-state index < -0.39 is 11.7 Å². The van der Waals surface area contributed by atoms with Gasteiger partial charge in [-0.2, -0.15) is 10.4 Å². The van der Waals surface area contributed by atoms with Gasteiger partial charge < -0.3 is 24.8 Å². The summed E-state index contributed by atoms with van der Waals surface area (Å²) in [6.07, 6.45) is 0.212. The number of aliphatic hydroxyl groups excluding tert-OH is 1. The molecule has 1 amide bonds. The van der Waals surface area contributed by atoms with Crippen molar-refractivity contribution in [3.05, 3.63) is 10.2 Å². The largest absolute Gasteiger partial charge is 0.444 e. The molecule has 0 spiro atoms. The molecule has 1 fully saturated rings. The second-order valence-electron chi connectivity index (χ2n) is 7.35. The van der Waals surface area contributed by atoms with E-state index in [0.29, 0.717) is 35.6 Å². The fourth-order valence-corrected chi connectivity index (χ4v) is 3.52. The Morgan fingerprint density at radius 1 is 1.52 bits per heavy atom. The summed E-state index contributed by atoms with van der Waals surface area (Å²) in [4.78, 5) is 14.3. The van der Waals surface area contributed by atoms with Gasteiger partial charge in [-0.25, -0.2) is 9.48 Å². The van der Waals surface area contributed by atoms with Gasteiger partial charge in [0.25, 0.3) is 0 Å². The van der Waals surface area contributed by atoms with Gasteiger partial charge in [0, 0.05) is 20.2 Å². The van der Waals surface area contributed by atoms with Gasteiger partial charge in [-0.15, -0.1) is 0 Å². The normalized spacial score (nSPS) is 19.8. The lowest BCUT2D eigenvalue weighted by Crippen LogP contribution is -2.41. The Bertz CT molecular complexity index is 709. The van der Waals surface area contributed by atoms with Crippen LogP contribution in [0.1, 0.15) is 38.8 Å². The highest BCUT2D eigenvalue weighted by Gasteiger charge is 2.40.